The number of hydrogen-bond acceptors (Lipinski definition) is 6. The van der Waals surface area contributed by atoms with E-state index in [1.54, 1.807) is 12.1 Å². The van der Waals surface area contributed by atoms with E-state index in [4.69, 9.17) is 4.74 Å². The molecule has 1 aromatic heterocycles. The standard InChI is InChI=1S/C16H20N4O2/c1-11-3-4-14(21)9-13(11)10-15-17-12(2)18-16(19-15)20-5-7-22-8-6-20/h3-4,9,21H,5-8,10H2,1-2H3. The minimum atomic E-state index is 0.264. The number of nitrogens with zero attached hydrogens (tertiary/aromatic N) is 4. The van der Waals surface area contributed by atoms with Crippen LogP contribution in [0.5, 0.6) is 5.75 Å². The second kappa shape index (κ2) is 6.27. The number of benzene rings is 1. The highest BCUT2D eigenvalue weighted by molar-refractivity contribution is 5.37. The lowest BCUT2D eigenvalue weighted by Gasteiger charge is -2.27. The van der Waals surface area contributed by atoms with Crippen molar-refractivity contribution in [3.63, 3.8) is 0 Å². The summed E-state index contributed by atoms with van der Waals surface area (Å²) in [5.41, 5.74) is 2.14. The zero-order chi connectivity index (χ0) is 15.5. The summed E-state index contributed by atoms with van der Waals surface area (Å²) in [6, 6.07) is 5.36. The summed E-state index contributed by atoms with van der Waals surface area (Å²) in [7, 11) is 0. The van der Waals surface area contributed by atoms with Crippen LogP contribution in [-0.4, -0.2) is 46.4 Å². The van der Waals surface area contributed by atoms with Gasteiger partial charge in [0.2, 0.25) is 5.95 Å². The zero-order valence-corrected chi connectivity index (χ0v) is 12.9. The lowest BCUT2D eigenvalue weighted by molar-refractivity contribution is 0.122. The number of ether oxygens (including phenoxy) is 1. The lowest BCUT2D eigenvalue weighted by atomic mass is 10.1. The highest BCUT2D eigenvalue weighted by atomic mass is 16.5. The number of anilines is 1. The number of aromatic nitrogens is 3. The topological polar surface area (TPSA) is 71.4 Å². The SMILES string of the molecule is Cc1nc(Cc2cc(O)ccc2C)nc(N2CCOCC2)n1. The second-order valence-electron chi connectivity index (χ2n) is 5.49. The Bertz CT molecular complexity index is 669. The molecule has 6 heteroatoms. The van der Waals surface area contributed by atoms with Crippen LogP contribution in [0.4, 0.5) is 5.95 Å². The number of hydrogen-bond donors (Lipinski definition) is 1. The van der Waals surface area contributed by atoms with Crippen LogP contribution in [0, 0.1) is 13.8 Å². The van der Waals surface area contributed by atoms with Crippen molar-refractivity contribution in [1.82, 2.24) is 15.0 Å². The molecule has 2 aromatic rings. The molecule has 0 unspecified atom stereocenters. The highest BCUT2D eigenvalue weighted by Crippen LogP contribution is 2.19. The molecule has 0 radical (unpaired) electrons. The first-order valence-electron chi connectivity index (χ1n) is 7.44. The summed E-state index contributed by atoms with van der Waals surface area (Å²) in [4.78, 5) is 15.6. The van der Waals surface area contributed by atoms with Gasteiger partial charge in [0.25, 0.3) is 0 Å². The molecule has 2 heterocycles. The first kappa shape index (κ1) is 14.7. The zero-order valence-electron chi connectivity index (χ0n) is 12.9. The van der Waals surface area contributed by atoms with Crippen molar-refractivity contribution in [1.29, 1.82) is 0 Å². The molecule has 1 N–H and O–H groups in total. The van der Waals surface area contributed by atoms with E-state index in [1.165, 1.54) is 0 Å². The number of rotatable bonds is 3. The van der Waals surface area contributed by atoms with E-state index in [0.717, 1.165) is 30.0 Å². The van der Waals surface area contributed by atoms with Crippen LogP contribution in [-0.2, 0) is 11.2 Å². The van der Waals surface area contributed by atoms with Gasteiger partial charge in [-0.15, -0.1) is 0 Å². The predicted octanol–water partition coefficient (Wildman–Crippen LogP) is 1.62. The molecule has 0 aliphatic carbocycles. The average Bonchev–Trinajstić information content (AvgIpc) is 2.51. The first-order chi connectivity index (χ1) is 10.6. The number of phenolic OH excluding ortho intramolecular Hbond substituents is 1. The van der Waals surface area contributed by atoms with Gasteiger partial charge in [-0.1, -0.05) is 6.07 Å². The van der Waals surface area contributed by atoms with E-state index < -0.39 is 0 Å². The normalized spacial score (nSPS) is 15.1. The minimum Gasteiger partial charge on any atom is -0.508 e. The van der Waals surface area contributed by atoms with Gasteiger partial charge in [0.15, 0.2) is 0 Å². The predicted molar refractivity (Wildman–Crippen MR) is 83.2 cm³/mol. The van der Waals surface area contributed by atoms with Crippen molar-refractivity contribution in [3.05, 3.63) is 41.0 Å². The molecule has 1 fully saturated rings. The summed E-state index contributed by atoms with van der Waals surface area (Å²) >= 11 is 0. The van der Waals surface area contributed by atoms with Gasteiger partial charge in [0, 0.05) is 19.5 Å². The monoisotopic (exact) mass is 300 g/mol. The van der Waals surface area contributed by atoms with Crippen LogP contribution in [0.3, 0.4) is 0 Å². The maximum Gasteiger partial charge on any atom is 0.229 e. The molecule has 0 spiro atoms. The van der Waals surface area contributed by atoms with E-state index in [1.807, 2.05) is 19.9 Å². The summed E-state index contributed by atoms with van der Waals surface area (Å²) in [5.74, 6) is 2.41. The largest absolute Gasteiger partial charge is 0.508 e. The van der Waals surface area contributed by atoms with Gasteiger partial charge in [-0.25, -0.2) is 4.98 Å². The molecule has 116 valence electrons. The van der Waals surface area contributed by atoms with Crippen molar-refractivity contribution in [2.75, 3.05) is 31.2 Å². The fourth-order valence-electron chi connectivity index (χ4n) is 2.52. The van der Waals surface area contributed by atoms with Crippen molar-refractivity contribution < 1.29 is 9.84 Å². The van der Waals surface area contributed by atoms with Crippen LogP contribution >= 0.6 is 0 Å². The van der Waals surface area contributed by atoms with Gasteiger partial charge in [-0.3, -0.25) is 0 Å². The quantitative estimate of drug-likeness (QED) is 0.929. The van der Waals surface area contributed by atoms with Gasteiger partial charge in [0.05, 0.1) is 13.2 Å². The maximum absolute atomic E-state index is 9.65. The average molecular weight is 300 g/mol. The Morgan fingerprint density at radius 1 is 1.14 bits per heavy atom. The molecule has 6 nitrogen and oxygen atoms in total. The number of aryl methyl sites for hydroxylation is 2. The van der Waals surface area contributed by atoms with Gasteiger partial charge >= 0.3 is 0 Å². The van der Waals surface area contributed by atoms with E-state index in [0.29, 0.717) is 31.4 Å². The number of aromatic hydroxyl groups is 1. The van der Waals surface area contributed by atoms with Crippen molar-refractivity contribution in [2.45, 2.75) is 20.3 Å². The third-order valence-electron chi connectivity index (χ3n) is 3.76. The first-order valence-corrected chi connectivity index (χ1v) is 7.44. The Kier molecular flexibility index (Phi) is 4.20. The third kappa shape index (κ3) is 3.33. The molecule has 0 saturated carbocycles. The van der Waals surface area contributed by atoms with E-state index in [-0.39, 0.29) is 5.75 Å². The molecule has 0 amide bonds. The molecule has 1 aromatic carbocycles. The fraction of sp³-hybridized carbons (Fsp3) is 0.438. The molecule has 0 bridgehead atoms. The summed E-state index contributed by atoms with van der Waals surface area (Å²) in [6.45, 7) is 6.90. The van der Waals surface area contributed by atoms with E-state index in [9.17, 15) is 5.11 Å². The molecule has 1 saturated heterocycles. The summed E-state index contributed by atoms with van der Waals surface area (Å²) < 4.78 is 5.37. The molecule has 3 rings (SSSR count). The number of phenols is 1. The highest BCUT2D eigenvalue weighted by Gasteiger charge is 2.16. The maximum atomic E-state index is 9.65. The Balaban J connectivity index is 1.87. The Labute approximate surface area is 129 Å². The molecule has 22 heavy (non-hydrogen) atoms. The van der Waals surface area contributed by atoms with Gasteiger partial charge in [-0.05, 0) is 37.1 Å². The molecular formula is C16H20N4O2. The van der Waals surface area contributed by atoms with Crippen molar-refractivity contribution >= 4 is 5.95 Å². The van der Waals surface area contributed by atoms with Crippen molar-refractivity contribution in [2.24, 2.45) is 0 Å². The molecule has 1 aliphatic heterocycles. The van der Waals surface area contributed by atoms with Crippen LogP contribution in [0.1, 0.15) is 22.8 Å². The van der Waals surface area contributed by atoms with Crippen LogP contribution in [0.15, 0.2) is 18.2 Å². The second-order valence-corrected chi connectivity index (χ2v) is 5.49. The summed E-state index contributed by atoms with van der Waals surface area (Å²) in [6.07, 6.45) is 0.584. The molecule has 1 aliphatic rings. The Morgan fingerprint density at radius 3 is 2.68 bits per heavy atom. The molecular weight excluding hydrogens is 280 g/mol. The van der Waals surface area contributed by atoms with E-state index >= 15 is 0 Å². The van der Waals surface area contributed by atoms with Gasteiger partial charge in [0.1, 0.15) is 17.4 Å². The van der Waals surface area contributed by atoms with E-state index in [2.05, 4.69) is 19.9 Å². The minimum absolute atomic E-state index is 0.264. The fourth-order valence-corrected chi connectivity index (χ4v) is 2.52. The smallest absolute Gasteiger partial charge is 0.229 e. The lowest BCUT2D eigenvalue weighted by Crippen LogP contribution is -2.37. The third-order valence-corrected chi connectivity index (χ3v) is 3.76. The van der Waals surface area contributed by atoms with Crippen molar-refractivity contribution in [3.8, 4) is 5.75 Å². The van der Waals surface area contributed by atoms with Gasteiger partial charge < -0.3 is 14.7 Å². The Morgan fingerprint density at radius 2 is 1.91 bits per heavy atom. The van der Waals surface area contributed by atoms with Crippen LogP contribution < -0.4 is 4.90 Å². The van der Waals surface area contributed by atoms with Crippen LogP contribution in [0.25, 0.3) is 0 Å². The Hall–Kier alpha value is -2.21. The number of morpholine rings is 1. The molecule has 0 atom stereocenters. The van der Waals surface area contributed by atoms with Gasteiger partial charge in [-0.2, -0.15) is 9.97 Å². The summed E-state index contributed by atoms with van der Waals surface area (Å²) in [5, 5.41) is 9.65. The van der Waals surface area contributed by atoms with Crippen LogP contribution in [0.2, 0.25) is 0 Å².